The van der Waals surface area contributed by atoms with E-state index in [-0.39, 0.29) is 11.5 Å². The number of hydrogen-bond acceptors (Lipinski definition) is 3. The summed E-state index contributed by atoms with van der Waals surface area (Å²) in [5, 5.41) is -0.171. The van der Waals surface area contributed by atoms with Crippen molar-refractivity contribution in [3.63, 3.8) is 0 Å². The largest absolute Gasteiger partial charge is 0.460 e. The van der Waals surface area contributed by atoms with Crippen LogP contribution in [-0.2, 0) is 14.3 Å². The quantitative estimate of drug-likeness (QED) is 0.416. The minimum absolute atomic E-state index is 0.171. The standard InChI is InChI=1S/C5H7ClO3/c6-4-1-8-2-5(4)9-3-7/h3-5H,1-2H2. The van der Waals surface area contributed by atoms with Gasteiger partial charge in [-0.3, -0.25) is 4.79 Å². The molecule has 9 heavy (non-hydrogen) atoms. The molecule has 1 saturated heterocycles. The molecule has 1 heterocycles. The molecule has 2 atom stereocenters. The average Bonchev–Trinajstić information content (AvgIpc) is 2.18. The molecule has 1 aliphatic rings. The second-order valence-corrected chi connectivity index (χ2v) is 2.38. The molecule has 4 heteroatoms. The molecule has 52 valence electrons. The molecule has 0 saturated carbocycles. The molecule has 0 radical (unpaired) electrons. The van der Waals surface area contributed by atoms with Gasteiger partial charge in [-0.05, 0) is 0 Å². The van der Waals surface area contributed by atoms with Crippen LogP contribution in [0.15, 0.2) is 0 Å². The Morgan fingerprint density at radius 1 is 1.67 bits per heavy atom. The summed E-state index contributed by atoms with van der Waals surface area (Å²) >= 11 is 5.65. The van der Waals surface area contributed by atoms with Crippen LogP contribution in [0.3, 0.4) is 0 Å². The SMILES string of the molecule is O=COC1COCC1Cl. The summed E-state index contributed by atoms with van der Waals surface area (Å²) < 4.78 is 9.48. The van der Waals surface area contributed by atoms with Gasteiger partial charge >= 0.3 is 0 Å². The number of carbonyl (C=O) groups is 1. The Hall–Kier alpha value is -0.280. The van der Waals surface area contributed by atoms with E-state index < -0.39 is 0 Å². The topological polar surface area (TPSA) is 35.5 Å². The van der Waals surface area contributed by atoms with E-state index in [0.29, 0.717) is 19.7 Å². The van der Waals surface area contributed by atoms with Crippen LogP contribution in [-0.4, -0.2) is 31.2 Å². The third-order valence-corrected chi connectivity index (χ3v) is 1.60. The number of alkyl halides is 1. The molecule has 1 fully saturated rings. The van der Waals surface area contributed by atoms with E-state index in [2.05, 4.69) is 4.74 Å². The Morgan fingerprint density at radius 3 is 2.89 bits per heavy atom. The monoisotopic (exact) mass is 150 g/mol. The minimum atomic E-state index is -0.246. The molecule has 0 spiro atoms. The van der Waals surface area contributed by atoms with Crippen molar-refractivity contribution in [2.75, 3.05) is 13.2 Å². The molecule has 2 unspecified atom stereocenters. The summed E-state index contributed by atoms with van der Waals surface area (Å²) in [5.41, 5.74) is 0. The summed E-state index contributed by atoms with van der Waals surface area (Å²) in [6, 6.07) is 0. The average molecular weight is 151 g/mol. The van der Waals surface area contributed by atoms with Gasteiger partial charge in [-0.25, -0.2) is 0 Å². The van der Waals surface area contributed by atoms with Crippen molar-refractivity contribution in [2.24, 2.45) is 0 Å². The lowest BCUT2D eigenvalue weighted by molar-refractivity contribution is -0.133. The van der Waals surface area contributed by atoms with E-state index in [1.807, 2.05) is 0 Å². The lowest BCUT2D eigenvalue weighted by atomic mass is 10.3. The molecule has 0 bridgehead atoms. The Balaban J connectivity index is 2.30. The molecule has 3 nitrogen and oxygen atoms in total. The van der Waals surface area contributed by atoms with Crippen molar-refractivity contribution in [1.29, 1.82) is 0 Å². The zero-order chi connectivity index (χ0) is 6.69. The minimum Gasteiger partial charge on any atom is -0.460 e. The van der Waals surface area contributed by atoms with E-state index in [1.54, 1.807) is 0 Å². The van der Waals surface area contributed by atoms with Gasteiger partial charge in [0.05, 0.1) is 18.6 Å². The number of hydrogen-bond donors (Lipinski definition) is 0. The van der Waals surface area contributed by atoms with Crippen molar-refractivity contribution in [3.8, 4) is 0 Å². The van der Waals surface area contributed by atoms with Gasteiger partial charge in [0.1, 0.15) is 6.10 Å². The fourth-order valence-electron chi connectivity index (χ4n) is 0.704. The lowest BCUT2D eigenvalue weighted by Gasteiger charge is -2.06. The normalized spacial score (nSPS) is 34.3. The maximum absolute atomic E-state index is 9.77. The molecule has 0 aromatic carbocycles. The van der Waals surface area contributed by atoms with Crippen molar-refractivity contribution in [2.45, 2.75) is 11.5 Å². The van der Waals surface area contributed by atoms with E-state index in [1.165, 1.54) is 0 Å². The van der Waals surface area contributed by atoms with E-state index in [0.717, 1.165) is 0 Å². The van der Waals surface area contributed by atoms with Gasteiger partial charge < -0.3 is 9.47 Å². The molecule has 0 N–H and O–H groups in total. The van der Waals surface area contributed by atoms with Gasteiger partial charge in [-0.1, -0.05) is 0 Å². The first-order valence-corrected chi connectivity index (χ1v) is 3.09. The molecule has 0 aromatic heterocycles. The number of carbonyl (C=O) groups excluding carboxylic acids is 1. The van der Waals surface area contributed by atoms with Crippen LogP contribution in [0.4, 0.5) is 0 Å². The highest BCUT2D eigenvalue weighted by atomic mass is 35.5. The zero-order valence-corrected chi connectivity index (χ0v) is 5.50. The van der Waals surface area contributed by atoms with Crippen molar-refractivity contribution >= 4 is 18.1 Å². The zero-order valence-electron chi connectivity index (χ0n) is 4.75. The summed E-state index contributed by atoms with van der Waals surface area (Å²) in [4.78, 5) is 9.77. The smallest absolute Gasteiger partial charge is 0.293 e. The highest BCUT2D eigenvalue weighted by Gasteiger charge is 2.27. The third kappa shape index (κ3) is 1.56. The van der Waals surface area contributed by atoms with Crippen molar-refractivity contribution in [3.05, 3.63) is 0 Å². The van der Waals surface area contributed by atoms with Gasteiger partial charge in [0, 0.05) is 0 Å². The second-order valence-electron chi connectivity index (χ2n) is 1.82. The van der Waals surface area contributed by atoms with Gasteiger partial charge in [-0.2, -0.15) is 0 Å². The van der Waals surface area contributed by atoms with Gasteiger partial charge in [-0.15, -0.1) is 11.6 Å². The van der Waals surface area contributed by atoms with Crippen LogP contribution >= 0.6 is 11.6 Å². The van der Waals surface area contributed by atoms with Gasteiger partial charge in [0.15, 0.2) is 0 Å². The molecule has 1 rings (SSSR count). The van der Waals surface area contributed by atoms with Gasteiger partial charge in [0.2, 0.25) is 0 Å². The molecule has 0 aromatic rings. The van der Waals surface area contributed by atoms with Crippen LogP contribution in [0.1, 0.15) is 0 Å². The maximum Gasteiger partial charge on any atom is 0.293 e. The fourth-order valence-corrected chi connectivity index (χ4v) is 0.926. The van der Waals surface area contributed by atoms with Crippen LogP contribution in [0.2, 0.25) is 0 Å². The molecular formula is C5H7ClO3. The van der Waals surface area contributed by atoms with Crippen LogP contribution in [0.25, 0.3) is 0 Å². The lowest BCUT2D eigenvalue weighted by Crippen LogP contribution is -2.21. The molecular weight excluding hydrogens is 144 g/mol. The highest BCUT2D eigenvalue weighted by Crippen LogP contribution is 2.14. The Morgan fingerprint density at radius 2 is 2.44 bits per heavy atom. The Bertz CT molecular complexity index is 106. The predicted molar refractivity (Wildman–Crippen MR) is 31.4 cm³/mol. The summed E-state index contributed by atoms with van der Waals surface area (Å²) in [5.74, 6) is 0. The summed E-state index contributed by atoms with van der Waals surface area (Å²) in [7, 11) is 0. The highest BCUT2D eigenvalue weighted by molar-refractivity contribution is 6.21. The third-order valence-electron chi connectivity index (χ3n) is 1.19. The first kappa shape index (κ1) is 6.83. The molecule has 1 aliphatic heterocycles. The van der Waals surface area contributed by atoms with E-state index in [4.69, 9.17) is 16.3 Å². The Labute approximate surface area is 57.9 Å². The van der Waals surface area contributed by atoms with Crippen molar-refractivity contribution < 1.29 is 14.3 Å². The maximum atomic E-state index is 9.77. The number of ether oxygens (including phenoxy) is 2. The van der Waals surface area contributed by atoms with Crippen LogP contribution in [0, 0.1) is 0 Å². The first-order chi connectivity index (χ1) is 4.34. The van der Waals surface area contributed by atoms with Gasteiger partial charge in [0.25, 0.3) is 6.47 Å². The van der Waals surface area contributed by atoms with Crippen LogP contribution in [0.5, 0.6) is 0 Å². The van der Waals surface area contributed by atoms with E-state index in [9.17, 15) is 4.79 Å². The molecule has 0 amide bonds. The number of halogens is 1. The summed E-state index contributed by atoms with van der Waals surface area (Å²) in [6.45, 7) is 1.29. The Kier molecular flexibility index (Phi) is 2.30. The fraction of sp³-hybridized carbons (Fsp3) is 0.800. The first-order valence-electron chi connectivity index (χ1n) is 2.65. The van der Waals surface area contributed by atoms with Crippen LogP contribution < -0.4 is 0 Å². The second kappa shape index (κ2) is 3.03. The van der Waals surface area contributed by atoms with Crippen molar-refractivity contribution in [1.82, 2.24) is 0 Å². The number of rotatable bonds is 2. The van der Waals surface area contributed by atoms with E-state index >= 15 is 0 Å². The summed E-state index contributed by atoms with van der Waals surface area (Å²) in [6.07, 6.45) is -0.246. The predicted octanol–water partition coefficient (Wildman–Crippen LogP) is 0.166. The molecule has 0 aliphatic carbocycles.